The molecule has 3 rings (SSSR count). The minimum Gasteiger partial charge on any atom is -0.511 e. The Morgan fingerprint density at radius 2 is 1.27 bits per heavy atom. The largest absolute Gasteiger partial charge is 0.511 e. The second kappa shape index (κ2) is 12.3. The smallest absolute Gasteiger partial charge is 0.105 e. The first-order valence-corrected chi connectivity index (χ1v) is 11.1. The molecule has 1 aromatic carbocycles. The molecule has 1 N–H and O–H groups in total. The van der Waals surface area contributed by atoms with Crippen molar-refractivity contribution in [1.29, 1.82) is 0 Å². The van der Waals surface area contributed by atoms with Gasteiger partial charge < -0.3 is 5.11 Å². The van der Waals surface area contributed by atoms with Crippen LogP contribution in [0.4, 0.5) is 0 Å². The maximum absolute atomic E-state index is 10.3. The summed E-state index contributed by atoms with van der Waals surface area (Å²) in [5, 5.41) is 11.5. The van der Waals surface area contributed by atoms with Gasteiger partial charge in [-0.2, -0.15) is 0 Å². The fraction of sp³-hybridized carbons (Fsp3) is 0.478. The molecule has 1 nitrogen and oxygen atoms in total. The van der Waals surface area contributed by atoms with Crippen molar-refractivity contribution in [2.75, 3.05) is 0 Å². The Labute approximate surface area is 176 Å². The summed E-state index contributed by atoms with van der Waals surface area (Å²) in [4.78, 5) is 0. The summed E-state index contributed by atoms with van der Waals surface area (Å²) in [7, 11) is -0.276. The standard InChI is InChI=1S/C15H21OP.C8H12.Ir/c1-10(2)17(11(3)4)15-13-8-6-5-7-12(13)9-14(15)16;1-2-4-6-8-7-5-3-1;/h5-8,10-11,16H,9H2,1-4H3;1-2,7-8H,3-6H2;. The van der Waals surface area contributed by atoms with E-state index in [0.29, 0.717) is 17.1 Å². The van der Waals surface area contributed by atoms with Gasteiger partial charge in [0.2, 0.25) is 0 Å². The molecule has 0 unspecified atom stereocenters. The number of hydrogen-bond acceptors (Lipinski definition) is 1. The minimum absolute atomic E-state index is 0. The summed E-state index contributed by atoms with van der Waals surface area (Å²) in [6, 6.07) is 8.42. The van der Waals surface area contributed by atoms with E-state index in [2.05, 4.69) is 77.6 Å². The topological polar surface area (TPSA) is 20.2 Å². The third-order valence-corrected chi connectivity index (χ3v) is 7.85. The van der Waals surface area contributed by atoms with E-state index in [1.165, 1.54) is 42.1 Å². The molecule has 5 radical (unpaired) electrons. The van der Waals surface area contributed by atoms with Crippen LogP contribution in [0.25, 0.3) is 5.31 Å². The van der Waals surface area contributed by atoms with E-state index in [0.717, 1.165) is 6.42 Å². The fourth-order valence-electron chi connectivity index (χ4n) is 3.58. The fourth-order valence-corrected chi connectivity index (χ4v) is 6.68. The number of rotatable bonds is 3. The maximum atomic E-state index is 10.3. The predicted molar refractivity (Wildman–Crippen MR) is 113 cm³/mol. The molecule has 0 saturated heterocycles. The molecule has 145 valence electrons. The molecule has 26 heavy (non-hydrogen) atoms. The van der Waals surface area contributed by atoms with Crippen LogP contribution in [0.15, 0.2) is 30.0 Å². The zero-order valence-corrected chi connectivity index (χ0v) is 19.8. The molecule has 0 aromatic heterocycles. The zero-order chi connectivity index (χ0) is 18.2. The number of fused-ring (bicyclic) bond motifs is 1. The summed E-state index contributed by atoms with van der Waals surface area (Å²) in [6.07, 6.45) is 14.7. The van der Waals surface area contributed by atoms with Gasteiger partial charge in [0.15, 0.2) is 0 Å². The van der Waals surface area contributed by atoms with Gasteiger partial charge in [-0.25, -0.2) is 0 Å². The molecule has 0 aliphatic heterocycles. The maximum Gasteiger partial charge on any atom is 0.105 e. The van der Waals surface area contributed by atoms with Gasteiger partial charge in [-0.05, 0) is 73.8 Å². The monoisotopic (exact) mass is 549 g/mol. The van der Waals surface area contributed by atoms with Crippen molar-refractivity contribution in [2.24, 2.45) is 0 Å². The third kappa shape index (κ3) is 6.78. The Morgan fingerprint density at radius 1 is 0.808 bits per heavy atom. The summed E-state index contributed by atoms with van der Waals surface area (Å²) in [5.74, 6) is 0.611. The number of aliphatic hydroxyl groups excluding tert-OH is 1. The van der Waals surface area contributed by atoms with Crippen molar-refractivity contribution in [3.8, 4) is 0 Å². The Balaban J connectivity index is 0.000000318. The molecule has 2 aliphatic rings. The SMILES string of the molecule is CC(C)P(C1=C(O)Cc2ccccc21)C(C)C.[CH]1[CH]CC[CH][CH]CC1.[Ir]. The number of allylic oxidation sites excluding steroid dienone is 1. The number of aliphatic hydroxyl groups is 1. The van der Waals surface area contributed by atoms with Gasteiger partial charge in [-0.15, -0.1) is 0 Å². The molecule has 0 spiro atoms. The molecule has 3 heteroatoms. The second-order valence-corrected chi connectivity index (χ2v) is 10.6. The van der Waals surface area contributed by atoms with Crippen LogP contribution in [-0.2, 0) is 26.5 Å². The Bertz CT molecular complexity index is 533. The van der Waals surface area contributed by atoms with Crippen LogP contribution < -0.4 is 0 Å². The van der Waals surface area contributed by atoms with Crippen LogP contribution in [-0.4, -0.2) is 16.4 Å². The van der Waals surface area contributed by atoms with E-state index < -0.39 is 0 Å². The molecule has 0 amide bonds. The first-order valence-electron chi connectivity index (χ1n) is 9.61. The molecule has 1 aromatic rings. The van der Waals surface area contributed by atoms with Crippen LogP contribution in [0.3, 0.4) is 0 Å². The molecule has 1 saturated carbocycles. The summed E-state index contributed by atoms with van der Waals surface area (Å²) >= 11 is 0. The van der Waals surface area contributed by atoms with Crippen LogP contribution in [0, 0.1) is 25.7 Å². The molecule has 1 fully saturated rings. The normalized spacial score (nSPS) is 17.3. The van der Waals surface area contributed by atoms with Gasteiger partial charge in [0, 0.05) is 31.8 Å². The quantitative estimate of drug-likeness (QED) is 0.398. The first-order chi connectivity index (χ1) is 12.0. The van der Waals surface area contributed by atoms with Gasteiger partial charge >= 0.3 is 0 Å². The van der Waals surface area contributed by atoms with Crippen LogP contribution >= 0.6 is 7.92 Å². The second-order valence-electron chi connectivity index (χ2n) is 7.32. The van der Waals surface area contributed by atoms with E-state index >= 15 is 0 Å². The van der Waals surface area contributed by atoms with Crippen molar-refractivity contribution in [3.63, 3.8) is 0 Å². The Kier molecular flexibility index (Phi) is 11.3. The zero-order valence-electron chi connectivity index (χ0n) is 16.5. The predicted octanol–water partition coefficient (Wildman–Crippen LogP) is 7.14. The van der Waals surface area contributed by atoms with E-state index in [4.69, 9.17) is 0 Å². The minimum atomic E-state index is -0.276. The van der Waals surface area contributed by atoms with Gasteiger partial charge in [0.1, 0.15) is 5.76 Å². The Morgan fingerprint density at radius 3 is 1.73 bits per heavy atom. The molecule has 2 aliphatic carbocycles. The van der Waals surface area contributed by atoms with Crippen molar-refractivity contribution in [1.82, 2.24) is 0 Å². The molecular formula is C23H33IrOP. The number of hydrogen-bond donors (Lipinski definition) is 1. The van der Waals surface area contributed by atoms with Gasteiger partial charge in [-0.1, -0.05) is 59.9 Å². The first kappa shape index (κ1) is 23.9. The van der Waals surface area contributed by atoms with Crippen LogP contribution in [0.5, 0.6) is 0 Å². The van der Waals surface area contributed by atoms with E-state index in [1.807, 2.05) is 0 Å². The van der Waals surface area contributed by atoms with Crippen LogP contribution in [0.2, 0.25) is 0 Å². The van der Waals surface area contributed by atoms with Crippen molar-refractivity contribution in [2.45, 2.75) is 71.1 Å². The van der Waals surface area contributed by atoms with Crippen LogP contribution in [0.1, 0.15) is 64.5 Å². The van der Waals surface area contributed by atoms with Gasteiger partial charge in [0.05, 0.1) is 0 Å². The molecule has 0 heterocycles. The average Bonchev–Trinajstić information content (AvgIpc) is 2.83. The van der Waals surface area contributed by atoms with Crippen molar-refractivity contribution >= 4 is 13.2 Å². The van der Waals surface area contributed by atoms with Gasteiger partial charge in [-0.3, -0.25) is 0 Å². The van der Waals surface area contributed by atoms with Crippen molar-refractivity contribution in [3.05, 3.63) is 66.8 Å². The molecule has 0 bridgehead atoms. The molecule has 0 atom stereocenters. The average molecular weight is 549 g/mol. The number of benzene rings is 1. The Hall–Kier alpha value is -0.161. The summed E-state index contributed by atoms with van der Waals surface area (Å²) in [5.41, 5.74) is 3.81. The van der Waals surface area contributed by atoms with E-state index in [-0.39, 0.29) is 28.0 Å². The summed E-state index contributed by atoms with van der Waals surface area (Å²) in [6.45, 7) is 9.08. The van der Waals surface area contributed by atoms with Gasteiger partial charge in [0.25, 0.3) is 0 Å². The van der Waals surface area contributed by atoms with E-state index in [1.54, 1.807) is 0 Å². The van der Waals surface area contributed by atoms with E-state index in [9.17, 15) is 5.11 Å². The summed E-state index contributed by atoms with van der Waals surface area (Å²) < 4.78 is 0. The van der Waals surface area contributed by atoms with Crippen molar-refractivity contribution < 1.29 is 25.2 Å². The molecular weight excluding hydrogens is 515 g/mol. The third-order valence-electron chi connectivity index (χ3n) is 4.61.